The maximum atomic E-state index is 10.9. The van der Waals surface area contributed by atoms with Crippen molar-refractivity contribution in [3.63, 3.8) is 0 Å². The first-order valence-electron chi connectivity index (χ1n) is 4.14. The van der Waals surface area contributed by atoms with Crippen molar-refractivity contribution in [2.24, 2.45) is 0 Å². The fourth-order valence-corrected chi connectivity index (χ4v) is 1.17. The Morgan fingerprint density at radius 2 is 2.07 bits per heavy atom. The highest BCUT2D eigenvalue weighted by molar-refractivity contribution is 6.30. The van der Waals surface area contributed by atoms with E-state index in [1.165, 1.54) is 7.11 Å². The molecule has 1 atom stereocenters. The van der Waals surface area contributed by atoms with Crippen LogP contribution in [0.5, 0.6) is 0 Å². The van der Waals surface area contributed by atoms with Gasteiger partial charge >= 0.3 is 5.97 Å². The number of carbonyl (C=O) groups excluding carboxylic acids is 1. The highest BCUT2D eigenvalue weighted by Crippen LogP contribution is 2.19. The maximum absolute atomic E-state index is 10.9. The highest BCUT2D eigenvalue weighted by Gasteiger charge is 2.12. The molecule has 4 heteroatoms. The third-order valence-electron chi connectivity index (χ3n) is 1.84. The molecule has 1 N–H and O–H groups in total. The van der Waals surface area contributed by atoms with E-state index in [0.717, 1.165) is 0 Å². The van der Waals surface area contributed by atoms with E-state index < -0.39 is 12.1 Å². The van der Waals surface area contributed by atoms with Gasteiger partial charge in [-0.3, -0.25) is 4.79 Å². The molecule has 0 unspecified atom stereocenters. The summed E-state index contributed by atoms with van der Waals surface area (Å²) in [7, 11) is 1.29. The zero-order valence-corrected chi connectivity index (χ0v) is 8.49. The van der Waals surface area contributed by atoms with E-state index >= 15 is 0 Å². The normalized spacial score (nSPS) is 12.2. The fourth-order valence-electron chi connectivity index (χ4n) is 1.04. The van der Waals surface area contributed by atoms with Gasteiger partial charge in [0.25, 0.3) is 0 Å². The quantitative estimate of drug-likeness (QED) is 0.783. The number of hydrogen-bond acceptors (Lipinski definition) is 3. The van der Waals surface area contributed by atoms with Gasteiger partial charge in [0.2, 0.25) is 0 Å². The first-order chi connectivity index (χ1) is 6.63. The van der Waals surface area contributed by atoms with Crippen molar-refractivity contribution in [1.29, 1.82) is 0 Å². The first-order valence-corrected chi connectivity index (χ1v) is 4.51. The molecule has 0 aromatic heterocycles. The Hall–Kier alpha value is -1.06. The largest absolute Gasteiger partial charge is 0.469 e. The average molecular weight is 215 g/mol. The molecule has 0 bridgehead atoms. The number of carbonyl (C=O) groups is 1. The predicted molar refractivity (Wildman–Crippen MR) is 53.0 cm³/mol. The molecule has 0 heterocycles. The standard InChI is InChI=1S/C10H11ClO3/c1-14-10(13)6-9(12)7-2-4-8(11)5-3-7/h2-5,9,12H,6H2,1H3/t9-/m1/s1. The molecule has 1 rings (SSSR count). The molecule has 14 heavy (non-hydrogen) atoms. The summed E-state index contributed by atoms with van der Waals surface area (Å²) >= 11 is 5.68. The summed E-state index contributed by atoms with van der Waals surface area (Å²) in [4.78, 5) is 10.9. The van der Waals surface area contributed by atoms with Gasteiger partial charge in [-0.15, -0.1) is 0 Å². The molecule has 0 aliphatic carbocycles. The summed E-state index contributed by atoms with van der Waals surface area (Å²) in [6.45, 7) is 0. The van der Waals surface area contributed by atoms with Crippen LogP contribution in [0.3, 0.4) is 0 Å². The number of aliphatic hydroxyl groups excluding tert-OH is 1. The van der Waals surface area contributed by atoms with Crippen LogP contribution in [-0.2, 0) is 9.53 Å². The number of aliphatic hydroxyl groups is 1. The van der Waals surface area contributed by atoms with Crippen LogP contribution >= 0.6 is 11.6 Å². The number of rotatable bonds is 3. The molecule has 1 aromatic carbocycles. The lowest BCUT2D eigenvalue weighted by Crippen LogP contribution is -2.07. The summed E-state index contributed by atoms with van der Waals surface area (Å²) < 4.78 is 4.44. The Morgan fingerprint density at radius 3 is 2.57 bits per heavy atom. The van der Waals surface area contributed by atoms with Gasteiger partial charge in [-0.25, -0.2) is 0 Å². The van der Waals surface area contributed by atoms with Gasteiger partial charge in [0.05, 0.1) is 19.6 Å². The second kappa shape index (κ2) is 4.98. The monoisotopic (exact) mass is 214 g/mol. The van der Waals surface area contributed by atoms with Gasteiger partial charge in [-0.1, -0.05) is 23.7 Å². The molecule has 0 radical (unpaired) electrons. The fraction of sp³-hybridized carbons (Fsp3) is 0.300. The Kier molecular flexibility index (Phi) is 3.92. The van der Waals surface area contributed by atoms with E-state index in [-0.39, 0.29) is 6.42 Å². The van der Waals surface area contributed by atoms with E-state index in [1.54, 1.807) is 24.3 Å². The van der Waals surface area contributed by atoms with E-state index in [2.05, 4.69) is 4.74 Å². The van der Waals surface area contributed by atoms with E-state index in [4.69, 9.17) is 11.6 Å². The molecule has 0 saturated carbocycles. The van der Waals surface area contributed by atoms with Crippen molar-refractivity contribution in [1.82, 2.24) is 0 Å². The number of methoxy groups -OCH3 is 1. The average Bonchev–Trinajstić information content (AvgIpc) is 2.18. The molecule has 3 nitrogen and oxygen atoms in total. The molecule has 0 saturated heterocycles. The van der Waals surface area contributed by atoms with Crippen LogP contribution in [-0.4, -0.2) is 18.2 Å². The van der Waals surface area contributed by atoms with Crippen LogP contribution in [0.2, 0.25) is 5.02 Å². The van der Waals surface area contributed by atoms with Gasteiger partial charge in [0.1, 0.15) is 0 Å². The predicted octanol–water partition coefficient (Wildman–Crippen LogP) is 1.94. The van der Waals surface area contributed by atoms with Crippen molar-refractivity contribution >= 4 is 17.6 Å². The Balaban J connectivity index is 2.65. The topological polar surface area (TPSA) is 46.5 Å². The zero-order chi connectivity index (χ0) is 10.6. The molecule has 0 fully saturated rings. The Labute approximate surface area is 87.3 Å². The maximum Gasteiger partial charge on any atom is 0.308 e. The lowest BCUT2D eigenvalue weighted by molar-refractivity contribution is -0.142. The van der Waals surface area contributed by atoms with Crippen molar-refractivity contribution in [2.75, 3.05) is 7.11 Å². The molecule has 0 aliphatic rings. The number of halogens is 1. The first kappa shape index (κ1) is 11.0. The summed E-state index contributed by atoms with van der Waals surface area (Å²) in [6.07, 6.45) is -0.877. The number of benzene rings is 1. The third-order valence-corrected chi connectivity index (χ3v) is 2.09. The summed E-state index contributed by atoms with van der Waals surface area (Å²) in [5, 5.41) is 10.2. The summed E-state index contributed by atoms with van der Waals surface area (Å²) in [6, 6.07) is 6.68. The van der Waals surface area contributed by atoms with Crippen LogP contribution in [0, 0.1) is 0 Å². The minimum absolute atomic E-state index is 0.0435. The molecular weight excluding hydrogens is 204 g/mol. The van der Waals surface area contributed by atoms with Crippen LogP contribution in [0.4, 0.5) is 0 Å². The van der Waals surface area contributed by atoms with Crippen molar-refractivity contribution in [3.8, 4) is 0 Å². The van der Waals surface area contributed by atoms with Crippen LogP contribution < -0.4 is 0 Å². The number of ether oxygens (including phenoxy) is 1. The molecule has 0 amide bonds. The minimum Gasteiger partial charge on any atom is -0.469 e. The van der Waals surface area contributed by atoms with Crippen LogP contribution in [0.25, 0.3) is 0 Å². The highest BCUT2D eigenvalue weighted by atomic mass is 35.5. The van der Waals surface area contributed by atoms with E-state index in [9.17, 15) is 9.90 Å². The van der Waals surface area contributed by atoms with E-state index in [0.29, 0.717) is 10.6 Å². The third kappa shape index (κ3) is 3.01. The second-order valence-corrected chi connectivity index (χ2v) is 3.28. The van der Waals surface area contributed by atoms with Crippen LogP contribution in [0.15, 0.2) is 24.3 Å². The van der Waals surface area contributed by atoms with Crippen molar-refractivity contribution in [2.45, 2.75) is 12.5 Å². The smallest absolute Gasteiger partial charge is 0.308 e. The molecule has 0 spiro atoms. The summed E-state index contributed by atoms with van der Waals surface area (Å²) in [5.41, 5.74) is 0.653. The zero-order valence-electron chi connectivity index (χ0n) is 7.74. The van der Waals surface area contributed by atoms with Crippen LogP contribution in [0.1, 0.15) is 18.1 Å². The Bertz CT molecular complexity index is 308. The van der Waals surface area contributed by atoms with Gasteiger partial charge in [0.15, 0.2) is 0 Å². The van der Waals surface area contributed by atoms with Crippen molar-refractivity contribution in [3.05, 3.63) is 34.9 Å². The van der Waals surface area contributed by atoms with Gasteiger partial charge in [-0.2, -0.15) is 0 Å². The minimum atomic E-state index is -0.834. The Morgan fingerprint density at radius 1 is 1.50 bits per heavy atom. The van der Waals surface area contributed by atoms with Gasteiger partial charge < -0.3 is 9.84 Å². The SMILES string of the molecule is COC(=O)C[C@@H](O)c1ccc(Cl)cc1. The second-order valence-electron chi connectivity index (χ2n) is 2.85. The molecule has 1 aromatic rings. The number of hydrogen-bond donors (Lipinski definition) is 1. The van der Waals surface area contributed by atoms with Gasteiger partial charge in [-0.05, 0) is 17.7 Å². The molecular formula is C10H11ClO3. The lowest BCUT2D eigenvalue weighted by atomic mass is 10.1. The van der Waals surface area contributed by atoms with Gasteiger partial charge in [0, 0.05) is 5.02 Å². The molecule has 76 valence electrons. The number of esters is 1. The summed E-state index contributed by atoms with van der Waals surface area (Å²) in [5.74, 6) is -0.438. The lowest BCUT2D eigenvalue weighted by Gasteiger charge is -2.08. The molecule has 0 aliphatic heterocycles. The van der Waals surface area contributed by atoms with Crippen molar-refractivity contribution < 1.29 is 14.6 Å². The van der Waals surface area contributed by atoms with E-state index in [1.807, 2.05) is 0 Å².